The largest absolute Gasteiger partial charge is 0.341 e. The molecule has 0 aromatic carbocycles. The highest BCUT2D eigenvalue weighted by Crippen LogP contribution is 2.27. The van der Waals surface area contributed by atoms with E-state index in [9.17, 15) is 9.59 Å². The zero-order valence-electron chi connectivity index (χ0n) is 16.1. The molecule has 3 heterocycles. The van der Waals surface area contributed by atoms with Crippen LogP contribution in [0, 0.1) is 5.92 Å². The van der Waals surface area contributed by atoms with E-state index in [0.717, 1.165) is 39.1 Å². The third kappa shape index (κ3) is 4.41. The van der Waals surface area contributed by atoms with E-state index >= 15 is 0 Å². The molecule has 0 bridgehead atoms. The summed E-state index contributed by atoms with van der Waals surface area (Å²) in [5.41, 5.74) is 0.986. The standard InChI is InChI=1S/C20H30N4O2/c1-20(2,3)24-15-17(12-18(24)25)19(26)23-9-5-8-22(10-11-23)14-16-6-4-7-21-13-16/h4,6-7,13,17H,5,8-12,14-15H2,1-3H3/t17-/m0/s1. The zero-order chi connectivity index (χ0) is 18.7. The molecular weight excluding hydrogens is 328 g/mol. The molecule has 2 aliphatic rings. The van der Waals surface area contributed by atoms with E-state index in [-0.39, 0.29) is 23.3 Å². The molecule has 26 heavy (non-hydrogen) atoms. The van der Waals surface area contributed by atoms with Crippen molar-refractivity contribution in [1.29, 1.82) is 0 Å². The maximum absolute atomic E-state index is 13.0. The predicted molar refractivity (Wildman–Crippen MR) is 100 cm³/mol. The van der Waals surface area contributed by atoms with E-state index in [0.29, 0.717) is 13.0 Å². The Kier molecular flexibility index (Phi) is 5.61. The Balaban J connectivity index is 1.56. The van der Waals surface area contributed by atoms with Crippen LogP contribution in [0.3, 0.4) is 0 Å². The highest BCUT2D eigenvalue weighted by atomic mass is 16.2. The summed E-state index contributed by atoms with van der Waals surface area (Å²) < 4.78 is 0. The number of amides is 2. The average molecular weight is 358 g/mol. The van der Waals surface area contributed by atoms with Gasteiger partial charge in [0.25, 0.3) is 0 Å². The highest BCUT2D eigenvalue weighted by molar-refractivity contribution is 5.89. The Morgan fingerprint density at radius 3 is 2.69 bits per heavy atom. The number of hydrogen-bond acceptors (Lipinski definition) is 4. The molecule has 2 fully saturated rings. The zero-order valence-corrected chi connectivity index (χ0v) is 16.1. The second-order valence-electron chi connectivity index (χ2n) is 8.39. The summed E-state index contributed by atoms with van der Waals surface area (Å²) in [5.74, 6) is 0.0591. The van der Waals surface area contributed by atoms with Crippen LogP contribution in [0.2, 0.25) is 0 Å². The highest BCUT2D eigenvalue weighted by Gasteiger charge is 2.40. The lowest BCUT2D eigenvalue weighted by atomic mass is 10.1. The van der Waals surface area contributed by atoms with Crippen molar-refractivity contribution in [3.8, 4) is 0 Å². The summed E-state index contributed by atoms with van der Waals surface area (Å²) in [6, 6.07) is 4.05. The third-order valence-electron chi connectivity index (χ3n) is 5.31. The first-order valence-corrected chi connectivity index (χ1v) is 9.55. The number of hydrogen-bond donors (Lipinski definition) is 0. The van der Waals surface area contributed by atoms with Crippen molar-refractivity contribution in [1.82, 2.24) is 19.7 Å². The van der Waals surface area contributed by atoms with Gasteiger partial charge >= 0.3 is 0 Å². The number of pyridine rings is 1. The number of carbonyl (C=O) groups is 2. The minimum Gasteiger partial charge on any atom is -0.341 e. The van der Waals surface area contributed by atoms with Crippen molar-refractivity contribution >= 4 is 11.8 Å². The molecule has 1 aromatic rings. The van der Waals surface area contributed by atoms with E-state index in [1.807, 2.05) is 42.8 Å². The van der Waals surface area contributed by atoms with Crippen molar-refractivity contribution in [3.05, 3.63) is 30.1 Å². The van der Waals surface area contributed by atoms with Crippen molar-refractivity contribution in [2.45, 2.75) is 45.7 Å². The van der Waals surface area contributed by atoms with Gasteiger partial charge in [-0.3, -0.25) is 19.5 Å². The van der Waals surface area contributed by atoms with Gasteiger partial charge in [-0.2, -0.15) is 0 Å². The van der Waals surface area contributed by atoms with Crippen LogP contribution in [0.1, 0.15) is 39.2 Å². The van der Waals surface area contributed by atoms with Gasteiger partial charge in [0.1, 0.15) is 0 Å². The fraction of sp³-hybridized carbons (Fsp3) is 0.650. The number of likely N-dealkylation sites (tertiary alicyclic amines) is 1. The molecule has 0 unspecified atom stereocenters. The number of aromatic nitrogens is 1. The molecule has 0 saturated carbocycles. The Morgan fingerprint density at radius 2 is 2.04 bits per heavy atom. The summed E-state index contributed by atoms with van der Waals surface area (Å²) in [5, 5.41) is 0. The minimum absolute atomic E-state index is 0.101. The number of rotatable bonds is 3. The topological polar surface area (TPSA) is 56.8 Å². The van der Waals surface area contributed by atoms with Crippen molar-refractivity contribution in [2.75, 3.05) is 32.7 Å². The minimum atomic E-state index is -0.217. The van der Waals surface area contributed by atoms with Crippen molar-refractivity contribution < 1.29 is 9.59 Å². The summed E-state index contributed by atoms with van der Waals surface area (Å²) in [6.45, 7) is 10.9. The predicted octanol–water partition coefficient (Wildman–Crippen LogP) is 1.76. The van der Waals surface area contributed by atoms with Gasteiger partial charge in [-0.1, -0.05) is 6.07 Å². The first kappa shape index (κ1) is 18.8. The second kappa shape index (κ2) is 7.74. The molecule has 2 saturated heterocycles. The van der Waals surface area contributed by atoms with Gasteiger partial charge in [-0.15, -0.1) is 0 Å². The molecule has 3 rings (SSSR count). The number of carbonyl (C=O) groups excluding carboxylic acids is 2. The van der Waals surface area contributed by atoms with Gasteiger partial charge in [-0.25, -0.2) is 0 Å². The summed E-state index contributed by atoms with van der Waals surface area (Å²) >= 11 is 0. The third-order valence-corrected chi connectivity index (χ3v) is 5.31. The van der Waals surface area contributed by atoms with Crippen LogP contribution in [0.4, 0.5) is 0 Å². The van der Waals surface area contributed by atoms with Crippen LogP contribution in [-0.4, -0.2) is 69.8 Å². The maximum Gasteiger partial charge on any atom is 0.228 e. The van der Waals surface area contributed by atoms with Crippen LogP contribution in [0.25, 0.3) is 0 Å². The van der Waals surface area contributed by atoms with Crippen molar-refractivity contribution in [3.63, 3.8) is 0 Å². The molecule has 0 N–H and O–H groups in total. The fourth-order valence-electron chi connectivity index (χ4n) is 3.88. The first-order chi connectivity index (χ1) is 12.3. The molecular formula is C20H30N4O2. The quantitative estimate of drug-likeness (QED) is 0.826. The summed E-state index contributed by atoms with van der Waals surface area (Å²) in [4.78, 5) is 35.6. The van der Waals surface area contributed by atoms with E-state index < -0.39 is 0 Å². The lowest BCUT2D eigenvalue weighted by molar-refractivity contribution is -0.135. The van der Waals surface area contributed by atoms with E-state index in [4.69, 9.17) is 0 Å². The molecule has 1 aromatic heterocycles. The molecule has 6 nitrogen and oxygen atoms in total. The van der Waals surface area contributed by atoms with Gasteiger partial charge in [-0.05, 0) is 38.8 Å². The van der Waals surface area contributed by atoms with Crippen LogP contribution in [0.5, 0.6) is 0 Å². The van der Waals surface area contributed by atoms with Gasteiger partial charge in [0.05, 0.1) is 5.92 Å². The molecule has 142 valence electrons. The SMILES string of the molecule is CC(C)(C)N1C[C@@H](C(=O)N2CCCN(Cc3cccnc3)CC2)CC1=O. The van der Waals surface area contributed by atoms with Gasteiger partial charge in [0, 0.05) is 63.6 Å². The molecule has 0 spiro atoms. The van der Waals surface area contributed by atoms with Crippen LogP contribution >= 0.6 is 0 Å². The summed E-state index contributed by atoms with van der Waals surface area (Å²) in [7, 11) is 0. The Labute approximate surface area is 156 Å². The van der Waals surface area contributed by atoms with E-state index in [1.165, 1.54) is 5.56 Å². The van der Waals surface area contributed by atoms with E-state index in [2.05, 4.69) is 16.0 Å². The molecule has 2 aliphatic heterocycles. The number of nitrogens with zero attached hydrogens (tertiary/aromatic N) is 4. The normalized spacial score (nSPS) is 22.6. The van der Waals surface area contributed by atoms with Crippen molar-refractivity contribution in [2.24, 2.45) is 5.92 Å². The molecule has 2 amide bonds. The van der Waals surface area contributed by atoms with Crippen LogP contribution < -0.4 is 0 Å². The van der Waals surface area contributed by atoms with Gasteiger partial charge in [0.15, 0.2) is 0 Å². The Hall–Kier alpha value is -1.95. The molecule has 0 radical (unpaired) electrons. The Morgan fingerprint density at radius 1 is 1.23 bits per heavy atom. The average Bonchev–Trinajstić information content (AvgIpc) is 2.85. The maximum atomic E-state index is 13.0. The second-order valence-corrected chi connectivity index (χ2v) is 8.39. The van der Waals surface area contributed by atoms with E-state index in [1.54, 1.807) is 6.20 Å². The molecule has 6 heteroatoms. The monoisotopic (exact) mass is 358 g/mol. The lowest BCUT2D eigenvalue weighted by Crippen LogP contribution is -2.44. The lowest BCUT2D eigenvalue weighted by Gasteiger charge is -2.32. The fourth-order valence-corrected chi connectivity index (χ4v) is 3.88. The molecule has 1 atom stereocenters. The summed E-state index contributed by atoms with van der Waals surface area (Å²) in [6.07, 6.45) is 5.01. The smallest absolute Gasteiger partial charge is 0.228 e. The van der Waals surface area contributed by atoms with Gasteiger partial charge < -0.3 is 9.80 Å². The molecule has 0 aliphatic carbocycles. The van der Waals surface area contributed by atoms with Crippen LogP contribution in [0.15, 0.2) is 24.5 Å². The first-order valence-electron chi connectivity index (χ1n) is 9.55. The van der Waals surface area contributed by atoms with Crippen LogP contribution in [-0.2, 0) is 16.1 Å². The van der Waals surface area contributed by atoms with Gasteiger partial charge in [0.2, 0.25) is 11.8 Å². The Bertz CT molecular complexity index is 641.